The highest BCUT2D eigenvalue weighted by atomic mass is 32.2. The van der Waals surface area contributed by atoms with Gasteiger partial charge in [-0.05, 0) is 34.1 Å². The molecule has 0 aliphatic carbocycles. The third kappa shape index (κ3) is 7.42. The van der Waals surface area contributed by atoms with E-state index in [1.54, 1.807) is 6.92 Å². The largest absolute Gasteiger partial charge is 0.465 e. The summed E-state index contributed by atoms with van der Waals surface area (Å²) < 4.78 is 4.82. The van der Waals surface area contributed by atoms with Crippen LogP contribution in [0.4, 0.5) is 0 Å². The molecule has 0 rings (SSSR count). The first-order chi connectivity index (χ1) is 8.73. The third-order valence-electron chi connectivity index (χ3n) is 2.83. The molecule has 0 bridgehead atoms. The Balaban J connectivity index is 4.13. The number of nitrogens with one attached hydrogen (secondary N) is 1. The summed E-state index contributed by atoms with van der Waals surface area (Å²) in [5.41, 5.74) is 5.46. The number of esters is 1. The molecule has 0 aromatic rings. The molecule has 0 fully saturated rings. The molecule has 0 saturated heterocycles. The van der Waals surface area contributed by atoms with Crippen LogP contribution in [0.2, 0.25) is 0 Å². The number of ether oxygens (including phenoxy) is 1. The number of amides is 1. The molecule has 0 radical (unpaired) electrons. The quantitative estimate of drug-likeness (QED) is 0.659. The zero-order valence-electron chi connectivity index (χ0n) is 12.5. The molecule has 5 nitrogen and oxygen atoms in total. The van der Waals surface area contributed by atoms with Crippen molar-refractivity contribution < 1.29 is 14.3 Å². The highest BCUT2D eigenvalue weighted by Crippen LogP contribution is 2.15. The summed E-state index contributed by atoms with van der Waals surface area (Å²) in [5, 5.41) is 2.72. The molecule has 1 amide bonds. The van der Waals surface area contributed by atoms with Gasteiger partial charge in [0.15, 0.2) is 0 Å². The summed E-state index contributed by atoms with van der Waals surface area (Å²) >= 11 is 1.36. The Hall–Kier alpha value is -0.750. The number of carbonyl (C=O) groups excluding carboxylic acids is 2. The molecule has 0 heterocycles. The molecular formula is C13H26N2O3S. The van der Waals surface area contributed by atoms with E-state index in [0.717, 1.165) is 6.42 Å². The van der Waals surface area contributed by atoms with Crippen LogP contribution in [0.15, 0.2) is 0 Å². The first-order valence-corrected chi connectivity index (χ1v) is 7.64. The van der Waals surface area contributed by atoms with Crippen LogP contribution in [0.25, 0.3) is 0 Å². The van der Waals surface area contributed by atoms with Gasteiger partial charge in [0, 0.05) is 11.3 Å². The second-order valence-electron chi connectivity index (χ2n) is 5.06. The van der Waals surface area contributed by atoms with Crippen molar-refractivity contribution in [3.8, 4) is 0 Å². The molecule has 2 atom stereocenters. The van der Waals surface area contributed by atoms with Crippen molar-refractivity contribution in [1.29, 1.82) is 0 Å². The van der Waals surface area contributed by atoms with Crippen LogP contribution in [0.1, 0.15) is 41.0 Å². The number of hydrogen-bond acceptors (Lipinski definition) is 5. The van der Waals surface area contributed by atoms with Crippen LogP contribution in [0.3, 0.4) is 0 Å². The number of rotatable bonds is 8. The lowest BCUT2D eigenvalue weighted by atomic mass is 10.0. The maximum absolute atomic E-state index is 11.9. The summed E-state index contributed by atoms with van der Waals surface area (Å²) in [6.07, 6.45) is 0.860. The smallest absolute Gasteiger partial charge is 0.323 e. The van der Waals surface area contributed by atoms with Gasteiger partial charge in [0.1, 0.15) is 6.04 Å². The highest BCUT2D eigenvalue weighted by molar-refractivity contribution is 8.00. The van der Waals surface area contributed by atoms with Crippen LogP contribution < -0.4 is 11.1 Å². The topological polar surface area (TPSA) is 81.4 Å². The summed E-state index contributed by atoms with van der Waals surface area (Å²) in [4.78, 5) is 23.3. The SMILES string of the molecule is CCOC(=O)C(N)CSC(C)C(=O)NC(C)(C)CC. The number of hydrogen-bond donors (Lipinski definition) is 2. The summed E-state index contributed by atoms with van der Waals surface area (Å²) in [6, 6.07) is -0.681. The standard InChI is InChI=1S/C13H26N2O3S/c1-6-13(4,5)15-11(16)9(3)19-8-10(14)12(17)18-7-2/h9-10H,6-8,14H2,1-5H3,(H,15,16). The van der Waals surface area contributed by atoms with Crippen molar-refractivity contribution in [2.24, 2.45) is 5.73 Å². The highest BCUT2D eigenvalue weighted by Gasteiger charge is 2.23. The van der Waals surface area contributed by atoms with Crippen molar-refractivity contribution in [3.05, 3.63) is 0 Å². The Bertz CT molecular complexity index is 308. The van der Waals surface area contributed by atoms with Crippen LogP contribution in [-0.2, 0) is 14.3 Å². The van der Waals surface area contributed by atoms with E-state index in [1.165, 1.54) is 11.8 Å². The molecule has 0 spiro atoms. The van der Waals surface area contributed by atoms with E-state index >= 15 is 0 Å². The first-order valence-electron chi connectivity index (χ1n) is 6.59. The van der Waals surface area contributed by atoms with Gasteiger partial charge in [-0.1, -0.05) is 6.92 Å². The lowest BCUT2D eigenvalue weighted by Crippen LogP contribution is -2.46. The minimum atomic E-state index is -0.681. The Morgan fingerprint density at radius 2 is 1.95 bits per heavy atom. The molecule has 2 unspecified atom stereocenters. The number of carbonyl (C=O) groups is 2. The molecule has 0 aliphatic rings. The van der Waals surface area contributed by atoms with Gasteiger partial charge in [-0.25, -0.2) is 0 Å². The Morgan fingerprint density at radius 1 is 1.37 bits per heavy atom. The zero-order chi connectivity index (χ0) is 15.1. The molecule has 3 N–H and O–H groups in total. The fourth-order valence-corrected chi connectivity index (χ4v) is 2.01. The Labute approximate surface area is 120 Å². The van der Waals surface area contributed by atoms with Crippen LogP contribution in [0.5, 0.6) is 0 Å². The van der Waals surface area contributed by atoms with Crippen molar-refractivity contribution in [2.75, 3.05) is 12.4 Å². The summed E-state index contributed by atoms with van der Waals surface area (Å²) in [7, 11) is 0. The second kappa shape index (κ2) is 8.43. The predicted octanol–water partition coefficient (Wildman–Crippen LogP) is 1.30. The molecule has 112 valence electrons. The Morgan fingerprint density at radius 3 is 2.42 bits per heavy atom. The number of thioether (sulfide) groups is 1. The predicted molar refractivity (Wildman–Crippen MR) is 79.0 cm³/mol. The van der Waals surface area contributed by atoms with Crippen LogP contribution in [0, 0.1) is 0 Å². The maximum atomic E-state index is 11.9. The molecule has 0 saturated carbocycles. The van der Waals surface area contributed by atoms with Gasteiger partial charge >= 0.3 is 5.97 Å². The van der Waals surface area contributed by atoms with Crippen molar-refractivity contribution in [1.82, 2.24) is 5.32 Å². The van der Waals surface area contributed by atoms with Gasteiger partial charge in [-0.3, -0.25) is 9.59 Å². The van der Waals surface area contributed by atoms with Crippen molar-refractivity contribution in [3.63, 3.8) is 0 Å². The summed E-state index contributed by atoms with van der Waals surface area (Å²) in [5.74, 6) is -0.0793. The summed E-state index contributed by atoms with van der Waals surface area (Å²) in [6.45, 7) is 9.84. The zero-order valence-corrected chi connectivity index (χ0v) is 13.3. The van der Waals surface area contributed by atoms with E-state index < -0.39 is 12.0 Å². The minimum absolute atomic E-state index is 0.0343. The lowest BCUT2D eigenvalue weighted by molar-refractivity contribution is -0.144. The monoisotopic (exact) mass is 290 g/mol. The van der Waals surface area contributed by atoms with E-state index in [9.17, 15) is 9.59 Å². The molecular weight excluding hydrogens is 264 g/mol. The maximum Gasteiger partial charge on any atom is 0.323 e. The van der Waals surface area contributed by atoms with E-state index in [-0.39, 0.29) is 16.7 Å². The van der Waals surface area contributed by atoms with E-state index in [0.29, 0.717) is 12.4 Å². The number of nitrogens with two attached hydrogens (primary N) is 1. The fraction of sp³-hybridized carbons (Fsp3) is 0.846. The van der Waals surface area contributed by atoms with E-state index in [4.69, 9.17) is 10.5 Å². The van der Waals surface area contributed by atoms with Crippen molar-refractivity contribution in [2.45, 2.75) is 57.9 Å². The van der Waals surface area contributed by atoms with Gasteiger partial charge in [-0.2, -0.15) is 0 Å². The Kier molecular flexibility index (Phi) is 8.09. The van der Waals surface area contributed by atoms with Gasteiger partial charge in [0.2, 0.25) is 5.91 Å². The van der Waals surface area contributed by atoms with Gasteiger partial charge in [0.05, 0.1) is 11.9 Å². The normalized spacial score (nSPS) is 14.6. The molecule has 0 aromatic carbocycles. The van der Waals surface area contributed by atoms with Crippen LogP contribution in [-0.4, -0.2) is 41.1 Å². The van der Waals surface area contributed by atoms with E-state index in [1.807, 2.05) is 27.7 Å². The first kappa shape index (κ1) is 18.2. The lowest BCUT2D eigenvalue weighted by Gasteiger charge is -2.26. The molecule has 0 aromatic heterocycles. The average molecular weight is 290 g/mol. The van der Waals surface area contributed by atoms with Gasteiger partial charge in [-0.15, -0.1) is 11.8 Å². The second-order valence-corrected chi connectivity index (χ2v) is 6.43. The van der Waals surface area contributed by atoms with Crippen molar-refractivity contribution >= 4 is 23.6 Å². The molecule has 6 heteroatoms. The molecule has 0 aliphatic heterocycles. The average Bonchev–Trinajstić information content (AvgIpc) is 2.35. The fourth-order valence-electron chi connectivity index (χ4n) is 1.16. The van der Waals surface area contributed by atoms with Gasteiger partial charge < -0.3 is 15.8 Å². The molecule has 19 heavy (non-hydrogen) atoms. The third-order valence-corrected chi connectivity index (χ3v) is 4.10. The van der Waals surface area contributed by atoms with E-state index in [2.05, 4.69) is 5.32 Å². The minimum Gasteiger partial charge on any atom is -0.465 e. The van der Waals surface area contributed by atoms with Crippen LogP contribution >= 0.6 is 11.8 Å². The van der Waals surface area contributed by atoms with Gasteiger partial charge in [0.25, 0.3) is 0 Å².